The van der Waals surface area contributed by atoms with Crippen LogP contribution in [0, 0.1) is 0 Å². The van der Waals surface area contributed by atoms with Crippen LogP contribution in [0.3, 0.4) is 0 Å². The molecule has 92 valence electrons. The number of fused-ring (bicyclic) bond motifs is 1. The molecule has 0 radical (unpaired) electrons. The lowest BCUT2D eigenvalue weighted by molar-refractivity contribution is 0.0694. The monoisotopic (exact) mass is 237 g/mol. The van der Waals surface area contributed by atoms with E-state index in [-0.39, 0.29) is 19.2 Å². The van der Waals surface area contributed by atoms with Gasteiger partial charge in [0.15, 0.2) is 11.5 Å². The number of rotatable bonds is 3. The van der Waals surface area contributed by atoms with E-state index in [1.807, 2.05) is 0 Å². The summed E-state index contributed by atoms with van der Waals surface area (Å²) in [6.07, 6.45) is 0. The molecule has 5 heteroatoms. The summed E-state index contributed by atoms with van der Waals surface area (Å²) in [5.41, 5.74) is -0.440. The third-order valence-corrected chi connectivity index (χ3v) is 2.32. The number of ether oxygens (including phenoxy) is 2. The van der Waals surface area contributed by atoms with Crippen molar-refractivity contribution in [3.63, 3.8) is 0 Å². The average Bonchev–Trinajstić information content (AvgIpc) is 2.71. The summed E-state index contributed by atoms with van der Waals surface area (Å²) in [5.74, 6) is 0.968. The fourth-order valence-corrected chi connectivity index (χ4v) is 1.44. The van der Waals surface area contributed by atoms with Gasteiger partial charge >= 0.3 is 0 Å². The van der Waals surface area contributed by atoms with Crippen LogP contribution in [-0.4, -0.2) is 30.0 Å². The Balaban J connectivity index is 2.05. The van der Waals surface area contributed by atoms with Crippen LogP contribution in [0.25, 0.3) is 0 Å². The molecule has 1 aliphatic rings. The molecule has 1 heterocycles. The number of carbonyl (C=O) groups is 1. The van der Waals surface area contributed by atoms with E-state index in [2.05, 4.69) is 5.32 Å². The minimum Gasteiger partial charge on any atom is -0.454 e. The van der Waals surface area contributed by atoms with Gasteiger partial charge < -0.3 is 19.9 Å². The van der Waals surface area contributed by atoms with Crippen molar-refractivity contribution in [1.29, 1.82) is 0 Å². The number of nitrogens with one attached hydrogen (secondary N) is 1. The van der Waals surface area contributed by atoms with Crippen molar-refractivity contribution >= 4 is 5.91 Å². The van der Waals surface area contributed by atoms with Gasteiger partial charge in [-0.1, -0.05) is 0 Å². The number of carbonyl (C=O) groups excluding carboxylic acids is 1. The van der Waals surface area contributed by atoms with Crippen molar-refractivity contribution in [1.82, 2.24) is 5.32 Å². The highest BCUT2D eigenvalue weighted by Crippen LogP contribution is 2.32. The van der Waals surface area contributed by atoms with Gasteiger partial charge in [-0.25, -0.2) is 0 Å². The Labute approximate surface area is 99.3 Å². The molecule has 2 rings (SSSR count). The fraction of sp³-hybridized carbons (Fsp3) is 0.417. The maximum absolute atomic E-state index is 11.8. The van der Waals surface area contributed by atoms with Crippen LogP contribution in [0.1, 0.15) is 24.2 Å². The lowest BCUT2D eigenvalue weighted by Gasteiger charge is -2.17. The zero-order chi connectivity index (χ0) is 12.5. The Morgan fingerprint density at radius 2 is 2.12 bits per heavy atom. The second kappa shape index (κ2) is 4.25. The quantitative estimate of drug-likeness (QED) is 0.820. The van der Waals surface area contributed by atoms with Gasteiger partial charge in [0.25, 0.3) is 5.91 Å². The minimum atomic E-state index is -0.925. The molecule has 0 unspecified atom stereocenters. The normalized spacial score (nSPS) is 13.6. The van der Waals surface area contributed by atoms with Crippen LogP contribution >= 0.6 is 0 Å². The van der Waals surface area contributed by atoms with Gasteiger partial charge in [0.1, 0.15) is 0 Å². The number of hydrogen-bond donors (Lipinski definition) is 2. The van der Waals surface area contributed by atoms with Crippen molar-refractivity contribution in [2.75, 3.05) is 13.3 Å². The minimum absolute atomic E-state index is 0.185. The van der Waals surface area contributed by atoms with Gasteiger partial charge in [0, 0.05) is 12.1 Å². The largest absolute Gasteiger partial charge is 0.454 e. The predicted octanol–water partition coefficient (Wildman–Crippen LogP) is 0.916. The highest BCUT2D eigenvalue weighted by atomic mass is 16.7. The molecule has 1 aromatic carbocycles. The summed E-state index contributed by atoms with van der Waals surface area (Å²) in [5, 5.41) is 12.2. The van der Waals surface area contributed by atoms with Gasteiger partial charge in [-0.3, -0.25) is 4.79 Å². The zero-order valence-electron chi connectivity index (χ0n) is 9.82. The Morgan fingerprint density at radius 3 is 2.82 bits per heavy atom. The molecule has 0 aromatic heterocycles. The van der Waals surface area contributed by atoms with Crippen LogP contribution in [-0.2, 0) is 0 Å². The van der Waals surface area contributed by atoms with Crippen molar-refractivity contribution in [3.05, 3.63) is 23.8 Å². The van der Waals surface area contributed by atoms with E-state index in [4.69, 9.17) is 9.47 Å². The summed E-state index contributed by atoms with van der Waals surface area (Å²) in [4.78, 5) is 11.8. The van der Waals surface area contributed by atoms with Gasteiger partial charge in [0.05, 0.1) is 5.60 Å². The Morgan fingerprint density at radius 1 is 1.41 bits per heavy atom. The van der Waals surface area contributed by atoms with Crippen molar-refractivity contribution in [2.24, 2.45) is 0 Å². The molecular formula is C12H15NO4. The van der Waals surface area contributed by atoms with E-state index in [1.54, 1.807) is 32.0 Å². The molecule has 0 atom stereocenters. The first-order chi connectivity index (χ1) is 7.96. The van der Waals surface area contributed by atoms with E-state index in [9.17, 15) is 9.90 Å². The van der Waals surface area contributed by atoms with E-state index in [0.29, 0.717) is 17.1 Å². The molecule has 0 saturated carbocycles. The summed E-state index contributed by atoms with van der Waals surface area (Å²) in [6.45, 7) is 3.64. The molecule has 17 heavy (non-hydrogen) atoms. The van der Waals surface area contributed by atoms with Crippen LogP contribution in [0.5, 0.6) is 11.5 Å². The molecule has 1 aromatic rings. The lowest BCUT2D eigenvalue weighted by atomic mass is 10.1. The first-order valence-corrected chi connectivity index (χ1v) is 5.36. The molecule has 0 spiro atoms. The second-order valence-corrected chi connectivity index (χ2v) is 4.56. The Hall–Kier alpha value is -1.75. The molecular weight excluding hydrogens is 222 g/mol. The molecule has 0 aliphatic carbocycles. The standard InChI is InChI=1S/C12H15NO4/c1-12(2,15)6-13-11(14)8-3-4-9-10(5-8)17-7-16-9/h3-5,15H,6-7H2,1-2H3,(H,13,14). The molecule has 0 fully saturated rings. The zero-order valence-corrected chi connectivity index (χ0v) is 9.82. The Bertz CT molecular complexity index is 437. The average molecular weight is 237 g/mol. The number of benzene rings is 1. The maximum atomic E-state index is 11.8. The molecule has 0 bridgehead atoms. The molecule has 5 nitrogen and oxygen atoms in total. The summed E-state index contributed by atoms with van der Waals surface area (Å²) >= 11 is 0. The van der Waals surface area contributed by atoms with Gasteiger partial charge in [-0.2, -0.15) is 0 Å². The van der Waals surface area contributed by atoms with Crippen LogP contribution < -0.4 is 14.8 Å². The van der Waals surface area contributed by atoms with Crippen molar-refractivity contribution in [3.8, 4) is 11.5 Å². The second-order valence-electron chi connectivity index (χ2n) is 4.56. The first-order valence-electron chi connectivity index (χ1n) is 5.36. The molecule has 1 amide bonds. The molecule has 1 aliphatic heterocycles. The third kappa shape index (κ3) is 2.88. The van der Waals surface area contributed by atoms with E-state index in [0.717, 1.165) is 0 Å². The predicted molar refractivity (Wildman–Crippen MR) is 61.2 cm³/mol. The topological polar surface area (TPSA) is 67.8 Å². The van der Waals surface area contributed by atoms with Crippen LogP contribution in [0.15, 0.2) is 18.2 Å². The van der Waals surface area contributed by atoms with Crippen LogP contribution in [0.2, 0.25) is 0 Å². The van der Waals surface area contributed by atoms with Gasteiger partial charge in [-0.15, -0.1) is 0 Å². The smallest absolute Gasteiger partial charge is 0.251 e. The number of hydrogen-bond acceptors (Lipinski definition) is 4. The lowest BCUT2D eigenvalue weighted by Crippen LogP contribution is -2.38. The third-order valence-electron chi connectivity index (χ3n) is 2.32. The highest BCUT2D eigenvalue weighted by molar-refractivity contribution is 5.94. The van der Waals surface area contributed by atoms with Gasteiger partial charge in [0.2, 0.25) is 6.79 Å². The number of aliphatic hydroxyl groups is 1. The number of amides is 1. The van der Waals surface area contributed by atoms with Gasteiger partial charge in [-0.05, 0) is 32.0 Å². The summed E-state index contributed by atoms with van der Waals surface area (Å²) < 4.78 is 10.3. The first kappa shape index (κ1) is 11.7. The van der Waals surface area contributed by atoms with E-state index < -0.39 is 5.60 Å². The van der Waals surface area contributed by atoms with E-state index >= 15 is 0 Å². The maximum Gasteiger partial charge on any atom is 0.251 e. The van der Waals surface area contributed by atoms with E-state index in [1.165, 1.54) is 0 Å². The summed E-state index contributed by atoms with van der Waals surface area (Å²) in [6, 6.07) is 4.98. The molecule has 2 N–H and O–H groups in total. The SMILES string of the molecule is CC(C)(O)CNC(=O)c1ccc2c(c1)OCO2. The molecule has 0 saturated heterocycles. The highest BCUT2D eigenvalue weighted by Gasteiger charge is 2.18. The summed E-state index contributed by atoms with van der Waals surface area (Å²) in [7, 11) is 0. The van der Waals surface area contributed by atoms with Crippen molar-refractivity contribution in [2.45, 2.75) is 19.4 Å². The Kier molecular flexibility index (Phi) is 2.93. The van der Waals surface area contributed by atoms with Crippen molar-refractivity contribution < 1.29 is 19.4 Å². The fourth-order valence-electron chi connectivity index (χ4n) is 1.44. The van der Waals surface area contributed by atoms with Crippen LogP contribution in [0.4, 0.5) is 0 Å².